The molecule has 0 spiro atoms. The Balaban J connectivity index is 2.01. The molecule has 178 valence electrons. The van der Waals surface area contributed by atoms with Gasteiger partial charge in [-0.1, -0.05) is 96.8 Å². The Kier molecular flexibility index (Phi) is 13.9. The summed E-state index contributed by atoms with van der Waals surface area (Å²) in [6.45, 7) is 3.43. The lowest BCUT2D eigenvalue weighted by Gasteiger charge is -2.46. The zero-order valence-corrected chi connectivity index (χ0v) is 20.2. The molecule has 30 heavy (non-hydrogen) atoms. The topological polar surface area (TPSA) is 66.8 Å². The highest BCUT2D eigenvalue weighted by Crippen LogP contribution is 2.29. The van der Waals surface area contributed by atoms with E-state index in [1.165, 1.54) is 83.5 Å². The number of hydrogen-bond donors (Lipinski definition) is 2. The highest BCUT2D eigenvalue weighted by Gasteiger charge is 2.45. The predicted molar refractivity (Wildman–Crippen MR) is 123 cm³/mol. The van der Waals surface area contributed by atoms with Crippen LogP contribution in [0.25, 0.3) is 0 Å². The second kappa shape index (κ2) is 15.2. The van der Waals surface area contributed by atoms with Crippen molar-refractivity contribution in [2.24, 2.45) is 0 Å². The Hall–Kier alpha value is -0.650. The van der Waals surface area contributed by atoms with Crippen LogP contribution in [-0.2, 0) is 9.53 Å². The van der Waals surface area contributed by atoms with Gasteiger partial charge in [0.05, 0.1) is 20.5 Å². The van der Waals surface area contributed by atoms with Crippen LogP contribution in [0.15, 0.2) is 0 Å². The molecular formula is C25H50NO4+. The maximum Gasteiger partial charge on any atom is 0.306 e. The summed E-state index contributed by atoms with van der Waals surface area (Å²) in [6.07, 6.45) is 19.9. The number of hydrogen-bond acceptors (Lipinski definition) is 3. The molecule has 0 aliphatic carbocycles. The molecule has 0 aromatic carbocycles. The van der Waals surface area contributed by atoms with Gasteiger partial charge in [0, 0.05) is 6.42 Å². The first-order valence-corrected chi connectivity index (χ1v) is 12.7. The van der Waals surface area contributed by atoms with Crippen molar-refractivity contribution < 1.29 is 24.2 Å². The normalized spacial score (nSPS) is 23.5. The van der Waals surface area contributed by atoms with Crippen molar-refractivity contribution >= 4 is 5.97 Å². The molecule has 1 rings (SSSR count). The molecule has 0 aromatic rings. The van der Waals surface area contributed by atoms with Crippen molar-refractivity contribution in [2.75, 3.05) is 27.2 Å². The van der Waals surface area contributed by atoms with E-state index in [1.807, 2.05) is 14.1 Å². The monoisotopic (exact) mass is 428 g/mol. The van der Waals surface area contributed by atoms with Gasteiger partial charge < -0.3 is 19.4 Å². The molecule has 1 heterocycles. The van der Waals surface area contributed by atoms with Crippen LogP contribution < -0.4 is 0 Å². The van der Waals surface area contributed by atoms with E-state index in [1.54, 1.807) is 0 Å². The average Bonchev–Trinajstić information content (AvgIpc) is 2.62. The van der Waals surface area contributed by atoms with Crippen LogP contribution in [-0.4, -0.2) is 59.7 Å². The molecule has 2 N–H and O–H groups in total. The highest BCUT2D eigenvalue weighted by molar-refractivity contribution is 5.67. The molecule has 1 aliphatic rings. The molecule has 1 saturated heterocycles. The van der Waals surface area contributed by atoms with E-state index in [0.717, 1.165) is 12.8 Å². The fourth-order valence-electron chi connectivity index (χ4n) is 4.88. The van der Waals surface area contributed by atoms with Crippen LogP contribution >= 0.6 is 0 Å². The van der Waals surface area contributed by atoms with Crippen LogP contribution in [0.1, 0.15) is 116 Å². The minimum absolute atomic E-state index is 0.0388. The fourth-order valence-corrected chi connectivity index (χ4v) is 4.88. The van der Waals surface area contributed by atoms with Gasteiger partial charge in [-0.2, -0.15) is 0 Å². The molecule has 0 aromatic heterocycles. The fraction of sp³-hybridized carbons (Fsp3) is 0.960. The standard InChI is InChI=1S/C25H49NO4/c1-4-5-6-7-8-9-10-11-12-13-14-15-16-17-18-19-25(29)22-26(2,3)21-23(30-25)20-24(27)28/h23,29H,4-22H2,1-3H3/p+1/t23-,25+/m1/s1. The Morgan fingerprint density at radius 2 is 1.30 bits per heavy atom. The number of carboxylic acids is 1. The van der Waals surface area contributed by atoms with E-state index in [2.05, 4.69) is 6.92 Å². The van der Waals surface area contributed by atoms with Gasteiger partial charge in [-0.25, -0.2) is 0 Å². The molecule has 0 unspecified atom stereocenters. The van der Waals surface area contributed by atoms with Gasteiger partial charge >= 0.3 is 5.97 Å². The number of unbranched alkanes of at least 4 members (excludes halogenated alkanes) is 14. The Labute approximate surface area is 185 Å². The van der Waals surface area contributed by atoms with Crippen LogP contribution in [0.2, 0.25) is 0 Å². The van der Waals surface area contributed by atoms with Crippen molar-refractivity contribution in [3.63, 3.8) is 0 Å². The van der Waals surface area contributed by atoms with E-state index in [4.69, 9.17) is 9.84 Å². The van der Waals surface area contributed by atoms with Crippen molar-refractivity contribution in [1.82, 2.24) is 0 Å². The van der Waals surface area contributed by atoms with Gasteiger partial charge in [-0.3, -0.25) is 4.79 Å². The molecule has 0 amide bonds. The van der Waals surface area contributed by atoms with E-state index in [0.29, 0.717) is 24.0 Å². The first kappa shape index (κ1) is 27.4. The lowest BCUT2D eigenvalue weighted by Crippen LogP contribution is -2.62. The summed E-state index contributed by atoms with van der Waals surface area (Å²) in [5.74, 6) is -2.05. The van der Waals surface area contributed by atoms with E-state index in [-0.39, 0.29) is 6.42 Å². The molecule has 1 aliphatic heterocycles. The van der Waals surface area contributed by atoms with Gasteiger partial charge in [-0.15, -0.1) is 0 Å². The Morgan fingerprint density at radius 1 is 0.867 bits per heavy atom. The zero-order chi connectivity index (χ0) is 22.3. The van der Waals surface area contributed by atoms with Gasteiger partial charge in [0.15, 0.2) is 0 Å². The predicted octanol–water partition coefficient (Wildman–Crippen LogP) is 5.89. The van der Waals surface area contributed by atoms with E-state index < -0.39 is 17.9 Å². The molecule has 0 radical (unpaired) electrons. The summed E-state index contributed by atoms with van der Waals surface area (Å²) in [5, 5.41) is 19.9. The smallest absolute Gasteiger partial charge is 0.306 e. The molecule has 0 bridgehead atoms. The van der Waals surface area contributed by atoms with Crippen LogP contribution in [0.3, 0.4) is 0 Å². The number of ether oxygens (including phenoxy) is 1. The second-order valence-electron chi connectivity index (χ2n) is 10.3. The second-order valence-corrected chi connectivity index (χ2v) is 10.3. The van der Waals surface area contributed by atoms with Gasteiger partial charge in [0.25, 0.3) is 0 Å². The van der Waals surface area contributed by atoms with Crippen molar-refractivity contribution in [3.05, 3.63) is 0 Å². The molecular weight excluding hydrogens is 378 g/mol. The van der Waals surface area contributed by atoms with Gasteiger partial charge in [0.1, 0.15) is 19.2 Å². The summed E-state index contributed by atoms with van der Waals surface area (Å²) in [5.41, 5.74) is 0. The van der Waals surface area contributed by atoms with E-state index in [9.17, 15) is 9.90 Å². The third-order valence-corrected chi connectivity index (χ3v) is 6.33. The number of nitrogens with zero attached hydrogens (tertiary/aromatic N) is 1. The van der Waals surface area contributed by atoms with E-state index >= 15 is 0 Å². The number of carbonyl (C=O) groups is 1. The van der Waals surface area contributed by atoms with Gasteiger partial charge in [-0.05, 0) is 6.42 Å². The van der Waals surface area contributed by atoms with Crippen molar-refractivity contribution in [3.8, 4) is 0 Å². The number of aliphatic carboxylic acids is 1. The maximum atomic E-state index is 11.0. The molecule has 2 atom stereocenters. The largest absolute Gasteiger partial charge is 0.481 e. The summed E-state index contributed by atoms with van der Waals surface area (Å²) in [4.78, 5) is 11.0. The Morgan fingerprint density at radius 3 is 1.73 bits per heavy atom. The van der Waals surface area contributed by atoms with Crippen molar-refractivity contribution in [1.29, 1.82) is 0 Å². The number of morpholine rings is 1. The maximum absolute atomic E-state index is 11.0. The number of likely N-dealkylation sites (N-methyl/N-ethyl adjacent to an activating group) is 1. The molecule has 5 nitrogen and oxygen atoms in total. The molecule has 1 fully saturated rings. The highest BCUT2D eigenvalue weighted by atomic mass is 16.6. The summed E-state index contributed by atoms with van der Waals surface area (Å²) >= 11 is 0. The van der Waals surface area contributed by atoms with Gasteiger partial charge in [0.2, 0.25) is 5.79 Å². The minimum atomic E-state index is -1.18. The van der Waals surface area contributed by atoms with Crippen LogP contribution in [0.4, 0.5) is 0 Å². The van der Waals surface area contributed by atoms with Crippen molar-refractivity contribution in [2.45, 2.75) is 128 Å². The van der Waals surface area contributed by atoms with Crippen LogP contribution in [0, 0.1) is 0 Å². The first-order chi connectivity index (χ1) is 14.3. The summed E-state index contributed by atoms with van der Waals surface area (Å²) in [7, 11) is 4.07. The summed E-state index contributed by atoms with van der Waals surface area (Å²) < 4.78 is 6.40. The zero-order valence-electron chi connectivity index (χ0n) is 20.2. The SMILES string of the molecule is CCCCCCCCCCCCCCCCC[C@@]1(O)C[N+](C)(C)C[C@@H](CC(=O)O)O1. The number of rotatable bonds is 18. The summed E-state index contributed by atoms with van der Waals surface area (Å²) in [6, 6.07) is 0. The molecule has 5 heteroatoms. The average molecular weight is 429 g/mol. The number of aliphatic hydroxyl groups is 1. The quantitative estimate of drug-likeness (QED) is 0.211. The first-order valence-electron chi connectivity index (χ1n) is 12.7. The Bertz CT molecular complexity index is 454. The molecule has 0 saturated carbocycles. The third kappa shape index (κ3) is 13.6. The third-order valence-electron chi connectivity index (χ3n) is 6.33. The minimum Gasteiger partial charge on any atom is -0.481 e. The number of carboxylic acid groups (broad SMARTS) is 1. The lowest BCUT2D eigenvalue weighted by atomic mass is 10.0. The lowest BCUT2D eigenvalue weighted by molar-refractivity contribution is -0.915. The number of quaternary nitrogens is 1. The van der Waals surface area contributed by atoms with Crippen LogP contribution in [0.5, 0.6) is 0 Å².